The van der Waals surface area contributed by atoms with E-state index in [9.17, 15) is 4.79 Å². The average molecular weight is 264 g/mol. The number of hydrogen-bond acceptors (Lipinski definition) is 3. The van der Waals surface area contributed by atoms with Crippen molar-refractivity contribution >= 4 is 17.5 Å². The monoisotopic (exact) mass is 264 g/mol. The van der Waals surface area contributed by atoms with Crippen LogP contribution in [0.4, 0.5) is 16.2 Å². The van der Waals surface area contributed by atoms with Gasteiger partial charge in [0.1, 0.15) is 5.60 Å². The zero-order valence-corrected chi connectivity index (χ0v) is 12.4. The molecule has 1 unspecified atom stereocenters. The first kappa shape index (κ1) is 15.3. The van der Waals surface area contributed by atoms with Crippen LogP contribution in [0.5, 0.6) is 0 Å². The standard InChI is InChI=1S/C15H24N2O2/c1-6-11(2)17(14(18)19-15(3,4)5)13-9-7-8-12(16)10-13/h7-11H,6,16H2,1-5H3. The molecule has 0 bridgehead atoms. The van der Waals surface area contributed by atoms with Crippen LogP contribution in [-0.2, 0) is 4.74 Å². The van der Waals surface area contributed by atoms with Gasteiger partial charge in [0, 0.05) is 17.4 Å². The van der Waals surface area contributed by atoms with Gasteiger partial charge in [0.2, 0.25) is 0 Å². The maximum absolute atomic E-state index is 12.3. The van der Waals surface area contributed by atoms with E-state index in [2.05, 4.69) is 0 Å². The van der Waals surface area contributed by atoms with E-state index in [0.717, 1.165) is 12.1 Å². The van der Waals surface area contributed by atoms with Crippen molar-refractivity contribution in [2.24, 2.45) is 0 Å². The lowest BCUT2D eigenvalue weighted by molar-refractivity contribution is 0.0567. The highest BCUT2D eigenvalue weighted by atomic mass is 16.6. The van der Waals surface area contributed by atoms with Gasteiger partial charge >= 0.3 is 6.09 Å². The van der Waals surface area contributed by atoms with Crippen LogP contribution in [-0.4, -0.2) is 17.7 Å². The van der Waals surface area contributed by atoms with Crippen LogP contribution >= 0.6 is 0 Å². The highest BCUT2D eigenvalue weighted by molar-refractivity contribution is 5.89. The number of nitrogens with zero attached hydrogens (tertiary/aromatic N) is 1. The summed E-state index contributed by atoms with van der Waals surface area (Å²) in [6.45, 7) is 9.61. The summed E-state index contributed by atoms with van der Waals surface area (Å²) in [6, 6.07) is 7.34. The smallest absolute Gasteiger partial charge is 0.415 e. The number of rotatable bonds is 3. The number of carbonyl (C=O) groups is 1. The molecule has 19 heavy (non-hydrogen) atoms. The van der Waals surface area contributed by atoms with Crippen molar-refractivity contribution < 1.29 is 9.53 Å². The van der Waals surface area contributed by atoms with Crippen LogP contribution < -0.4 is 10.6 Å². The molecular formula is C15H24N2O2. The first-order valence-electron chi connectivity index (χ1n) is 6.62. The fourth-order valence-corrected chi connectivity index (χ4v) is 1.71. The number of nitrogens with two attached hydrogens (primary N) is 1. The molecule has 1 atom stereocenters. The minimum Gasteiger partial charge on any atom is -0.443 e. The van der Waals surface area contributed by atoms with E-state index in [0.29, 0.717) is 5.69 Å². The van der Waals surface area contributed by atoms with Crippen LogP contribution in [0, 0.1) is 0 Å². The molecule has 1 amide bonds. The predicted octanol–water partition coefficient (Wildman–Crippen LogP) is 3.81. The average Bonchev–Trinajstić information content (AvgIpc) is 2.26. The quantitative estimate of drug-likeness (QED) is 0.845. The van der Waals surface area contributed by atoms with Crippen molar-refractivity contribution in [1.82, 2.24) is 0 Å². The summed E-state index contributed by atoms with van der Waals surface area (Å²) < 4.78 is 5.46. The second kappa shape index (κ2) is 5.95. The molecule has 0 radical (unpaired) electrons. The Morgan fingerprint density at radius 3 is 2.53 bits per heavy atom. The highest BCUT2D eigenvalue weighted by Crippen LogP contribution is 2.23. The Labute approximate surface area is 115 Å². The van der Waals surface area contributed by atoms with Crippen LogP contribution in [0.25, 0.3) is 0 Å². The molecule has 0 saturated carbocycles. The third-order valence-electron chi connectivity index (χ3n) is 2.77. The predicted molar refractivity (Wildman–Crippen MR) is 79.3 cm³/mol. The third kappa shape index (κ3) is 4.47. The maximum atomic E-state index is 12.3. The molecule has 0 fully saturated rings. The number of benzene rings is 1. The highest BCUT2D eigenvalue weighted by Gasteiger charge is 2.26. The Bertz CT molecular complexity index is 438. The normalized spacial score (nSPS) is 12.9. The Morgan fingerprint density at radius 2 is 2.05 bits per heavy atom. The lowest BCUT2D eigenvalue weighted by Crippen LogP contribution is -2.42. The van der Waals surface area contributed by atoms with Gasteiger partial charge in [0.05, 0.1) is 0 Å². The minimum absolute atomic E-state index is 0.0525. The van der Waals surface area contributed by atoms with E-state index in [1.54, 1.807) is 17.0 Å². The van der Waals surface area contributed by atoms with E-state index >= 15 is 0 Å². The van der Waals surface area contributed by atoms with E-state index in [-0.39, 0.29) is 12.1 Å². The van der Waals surface area contributed by atoms with Crippen LogP contribution in [0.3, 0.4) is 0 Å². The summed E-state index contributed by atoms with van der Waals surface area (Å²) in [6.07, 6.45) is 0.501. The molecule has 1 aromatic carbocycles. The molecule has 2 N–H and O–H groups in total. The van der Waals surface area contributed by atoms with E-state index in [1.165, 1.54) is 0 Å². The largest absolute Gasteiger partial charge is 0.443 e. The minimum atomic E-state index is -0.511. The molecule has 0 aromatic heterocycles. The van der Waals surface area contributed by atoms with Crippen molar-refractivity contribution in [3.8, 4) is 0 Å². The number of carbonyl (C=O) groups excluding carboxylic acids is 1. The van der Waals surface area contributed by atoms with Gasteiger partial charge in [-0.15, -0.1) is 0 Å². The number of nitrogen functional groups attached to an aromatic ring is 1. The van der Waals surface area contributed by atoms with Gasteiger partial charge in [0.15, 0.2) is 0 Å². The second-order valence-electron chi connectivity index (χ2n) is 5.70. The molecule has 4 nitrogen and oxygen atoms in total. The summed E-state index contributed by atoms with van der Waals surface area (Å²) in [5, 5.41) is 0. The molecule has 0 aliphatic carbocycles. The molecule has 0 aliphatic heterocycles. The number of ether oxygens (including phenoxy) is 1. The topological polar surface area (TPSA) is 55.6 Å². The molecule has 1 rings (SSSR count). The van der Waals surface area contributed by atoms with Gasteiger partial charge < -0.3 is 10.5 Å². The van der Waals surface area contributed by atoms with Crippen molar-refractivity contribution in [1.29, 1.82) is 0 Å². The molecule has 0 spiro atoms. The number of anilines is 2. The van der Waals surface area contributed by atoms with Gasteiger partial charge in [0.25, 0.3) is 0 Å². The molecule has 4 heteroatoms. The van der Waals surface area contributed by atoms with Crippen LogP contribution in [0.2, 0.25) is 0 Å². The van der Waals surface area contributed by atoms with Crippen molar-refractivity contribution in [2.75, 3.05) is 10.6 Å². The van der Waals surface area contributed by atoms with Gasteiger partial charge in [-0.2, -0.15) is 0 Å². The lowest BCUT2D eigenvalue weighted by Gasteiger charge is -2.31. The van der Waals surface area contributed by atoms with E-state index in [4.69, 9.17) is 10.5 Å². The van der Waals surface area contributed by atoms with Crippen molar-refractivity contribution in [2.45, 2.75) is 52.7 Å². The van der Waals surface area contributed by atoms with Crippen LogP contribution in [0.15, 0.2) is 24.3 Å². The van der Waals surface area contributed by atoms with E-state index < -0.39 is 5.60 Å². The van der Waals surface area contributed by atoms with Gasteiger partial charge in [-0.1, -0.05) is 13.0 Å². The van der Waals surface area contributed by atoms with E-state index in [1.807, 2.05) is 46.8 Å². The molecule has 0 aliphatic rings. The summed E-state index contributed by atoms with van der Waals surface area (Å²) in [7, 11) is 0. The van der Waals surface area contributed by atoms with Gasteiger partial charge in [-0.3, -0.25) is 4.90 Å². The maximum Gasteiger partial charge on any atom is 0.415 e. The summed E-state index contributed by atoms with van der Waals surface area (Å²) in [5.41, 5.74) is 6.68. The Kier molecular flexibility index (Phi) is 4.81. The second-order valence-corrected chi connectivity index (χ2v) is 5.70. The molecule has 1 aromatic rings. The summed E-state index contributed by atoms with van der Waals surface area (Å²) >= 11 is 0. The third-order valence-corrected chi connectivity index (χ3v) is 2.77. The lowest BCUT2D eigenvalue weighted by atomic mass is 10.1. The number of hydrogen-bond donors (Lipinski definition) is 1. The summed E-state index contributed by atoms with van der Waals surface area (Å²) in [4.78, 5) is 14.0. The van der Waals surface area contributed by atoms with Crippen LogP contribution in [0.1, 0.15) is 41.0 Å². The Balaban J connectivity index is 3.05. The van der Waals surface area contributed by atoms with Crippen molar-refractivity contribution in [3.05, 3.63) is 24.3 Å². The Hall–Kier alpha value is -1.71. The first-order chi connectivity index (χ1) is 8.74. The molecule has 0 heterocycles. The fourth-order valence-electron chi connectivity index (χ4n) is 1.71. The molecule has 0 saturated heterocycles. The molecular weight excluding hydrogens is 240 g/mol. The first-order valence-corrected chi connectivity index (χ1v) is 6.62. The van der Waals surface area contributed by atoms with Gasteiger partial charge in [-0.25, -0.2) is 4.79 Å². The zero-order valence-electron chi connectivity index (χ0n) is 12.4. The zero-order chi connectivity index (χ0) is 14.6. The number of amides is 1. The van der Waals surface area contributed by atoms with Gasteiger partial charge in [-0.05, 0) is 52.3 Å². The molecule has 106 valence electrons. The summed E-state index contributed by atoms with van der Waals surface area (Å²) in [5.74, 6) is 0. The van der Waals surface area contributed by atoms with Crippen molar-refractivity contribution in [3.63, 3.8) is 0 Å². The fraction of sp³-hybridized carbons (Fsp3) is 0.533. The SMILES string of the molecule is CCC(C)N(C(=O)OC(C)(C)C)c1cccc(N)c1. The Morgan fingerprint density at radius 1 is 1.42 bits per heavy atom.